The summed E-state index contributed by atoms with van der Waals surface area (Å²) in [5.41, 5.74) is -0.0574. The molecule has 1 aliphatic carbocycles. The van der Waals surface area contributed by atoms with Gasteiger partial charge in [0, 0.05) is 19.6 Å². The summed E-state index contributed by atoms with van der Waals surface area (Å²) < 4.78 is 11.0. The highest BCUT2D eigenvalue weighted by molar-refractivity contribution is 5.89. The molecule has 2 amide bonds. The smallest absolute Gasteiger partial charge is 0.420 e. The maximum Gasteiger partial charge on any atom is 0.420 e. The van der Waals surface area contributed by atoms with Gasteiger partial charge in [0.15, 0.2) is 0 Å². The van der Waals surface area contributed by atoms with Crippen LogP contribution in [0.15, 0.2) is 30.3 Å². The third-order valence-corrected chi connectivity index (χ3v) is 4.95. The van der Waals surface area contributed by atoms with Crippen molar-refractivity contribution >= 4 is 12.2 Å². The third-order valence-electron chi connectivity index (χ3n) is 4.95. The number of imide groups is 1. The molecule has 28 heavy (non-hydrogen) atoms. The first-order valence-electron chi connectivity index (χ1n) is 9.96. The van der Waals surface area contributed by atoms with Gasteiger partial charge >= 0.3 is 12.2 Å². The van der Waals surface area contributed by atoms with Crippen molar-refractivity contribution in [2.75, 3.05) is 13.1 Å². The molecule has 0 bridgehead atoms. The van der Waals surface area contributed by atoms with Crippen molar-refractivity contribution in [2.24, 2.45) is 11.8 Å². The molecule has 3 atom stereocenters. The Morgan fingerprint density at radius 1 is 0.929 bits per heavy atom. The number of ether oxygens (including phenoxy) is 2. The molecule has 0 aromatic heterocycles. The fraction of sp³-hybridized carbons (Fsp3) is 0.636. The van der Waals surface area contributed by atoms with Gasteiger partial charge < -0.3 is 9.47 Å². The van der Waals surface area contributed by atoms with Crippen molar-refractivity contribution in [1.29, 1.82) is 0 Å². The first-order valence-corrected chi connectivity index (χ1v) is 9.96. The predicted octanol–water partition coefficient (Wildman–Crippen LogP) is 4.29. The minimum Gasteiger partial charge on any atom is -0.443 e. The van der Waals surface area contributed by atoms with Crippen molar-refractivity contribution in [3.05, 3.63) is 35.9 Å². The second-order valence-electron chi connectivity index (χ2n) is 9.83. The second-order valence-corrected chi connectivity index (χ2v) is 9.83. The normalized spacial score (nSPS) is 24.4. The van der Waals surface area contributed by atoms with E-state index in [0.29, 0.717) is 0 Å². The lowest BCUT2D eigenvalue weighted by molar-refractivity contribution is -0.00341. The molecular formula is C22H32N2O4. The number of hydrogen-bond donors (Lipinski definition) is 0. The zero-order valence-corrected chi connectivity index (χ0v) is 17.8. The van der Waals surface area contributed by atoms with Crippen LogP contribution in [0.25, 0.3) is 0 Å². The van der Waals surface area contributed by atoms with Crippen LogP contribution in [0.3, 0.4) is 0 Å². The first kappa shape index (κ1) is 20.6. The van der Waals surface area contributed by atoms with E-state index in [1.54, 1.807) is 41.5 Å². The van der Waals surface area contributed by atoms with Gasteiger partial charge in [0.2, 0.25) is 0 Å². The van der Waals surface area contributed by atoms with Crippen LogP contribution < -0.4 is 0 Å². The summed E-state index contributed by atoms with van der Waals surface area (Å²) in [6.45, 7) is 13.4. The number of carbonyl (C=O) groups is 2. The van der Waals surface area contributed by atoms with E-state index in [9.17, 15) is 9.59 Å². The summed E-state index contributed by atoms with van der Waals surface area (Å²) in [5, 5.41) is 0. The standard InChI is InChI=1S/C22H32N2O4/c1-21(2,3)27-19(25)24(20(26)28-22(4,5)6)18-16-13-23(14-17(16)18)12-15-10-8-7-9-11-15/h7-11,16-18H,12-14H2,1-6H3/t16-,17+,18-. The van der Waals surface area contributed by atoms with E-state index < -0.39 is 23.4 Å². The molecule has 2 aliphatic rings. The maximum atomic E-state index is 12.8. The van der Waals surface area contributed by atoms with Crippen LogP contribution in [-0.4, -0.2) is 52.3 Å². The summed E-state index contributed by atoms with van der Waals surface area (Å²) in [6.07, 6.45) is -1.23. The number of piperidine rings is 1. The number of fused-ring (bicyclic) bond motifs is 1. The van der Waals surface area contributed by atoms with Gasteiger partial charge in [-0.05, 0) is 58.9 Å². The van der Waals surface area contributed by atoms with E-state index in [1.807, 2.05) is 18.2 Å². The molecule has 154 valence electrons. The van der Waals surface area contributed by atoms with Gasteiger partial charge in [-0.25, -0.2) is 14.5 Å². The van der Waals surface area contributed by atoms with E-state index in [0.717, 1.165) is 19.6 Å². The minimum absolute atomic E-state index is 0.142. The number of benzene rings is 1. The summed E-state index contributed by atoms with van der Waals surface area (Å²) in [7, 11) is 0. The summed E-state index contributed by atoms with van der Waals surface area (Å²) in [6, 6.07) is 10.2. The van der Waals surface area contributed by atoms with E-state index in [2.05, 4.69) is 17.0 Å². The van der Waals surface area contributed by atoms with Crippen LogP contribution in [0, 0.1) is 11.8 Å². The summed E-state index contributed by atoms with van der Waals surface area (Å²) >= 11 is 0. The van der Waals surface area contributed by atoms with Gasteiger partial charge in [-0.3, -0.25) is 4.90 Å². The van der Waals surface area contributed by atoms with Crippen molar-refractivity contribution < 1.29 is 19.1 Å². The number of hydrogen-bond acceptors (Lipinski definition) is 5. The molecule has 1 aliphatic heterocycles. The van der Waals surface area contributed by atoms with E-state index in [1.165, 1.54) is 10.5 Å². The lowest BCUT2D eigenvalue weighted by atomic mass is 10.2. The van der Waals surface area contributed by atoms with Crippen molar-refractivity contribution in [3.8, 4) is 0 Å². The highest BCUT2D eigenvalue weighted by Gasteiger charge is 2.62. The fourth-order valence-electron chi connectivity index (χ4n) is 3.88. The molecule has 1 heterocycles. The van der Waals surface area contributed by atoms with E-state index >= 15 is 0 Å². The number of amides is 2. The number of likely N-dealkylation sites (tertiary alicyclic amines) is 1. The van der Waals surface area contributed by atoms with Crippen molar-refractivity contribution in [2.45, 2.75) is 65.3 Å². The first-order chi connectivity index (χ1) is 12.9. The Morgan fingerprint density at radius 3 is 1.82 bits per heavy atom. The predicted molar refractivity (Wildman–Crippen MR) is 107 cm³/mol. The highest BCUT2D eigenvalue weighted by Crippen LogP contribution is 2.50. The molecule has 1 aromatic rings. The Labute approximate surface area is 167 Å². The van der Waals surface area contributed by atoms with Gasteiger partial charge in [0.1, 0.15) is 11.2 Å². The molecule has 3 rings (SSSR count). The number of nitrogens with zero attached hydrogens (tertiary/aromatic N) is 2. The van der Waals surface area contributed by atoms with Gasteiger partial charge in [0.05, 0.1) is 6.04 Å². The lowest BCUT2D eigenvalue weighted by Gasteiger charge is -2.30. The maximum absolute atomic E-state index is 12.8. The summed E-state index contributed by atoms with van der Waals surface area (Å²) in [5.74, 6) is 0.562. The molecule has 2 fully saturated rings. The Morgan fingerprint density at radius 2 is 1.39 bits per heavy atom. The fourth-order valence-corrected chi connectivity index (χ4v) is 3.88. The molecule has 0 spiro atoms. The quantitative estimate of drug-likeness (QED) is 0.773. The average Bonchev–Trinajstić information content (AvgIpc) is 2.99. The van der Waals surface area contributed by atoms with E-state index in [4.69, 9.17) is 9.47 Å². The molecule has 1 saturated heterocycles. The summed E-state index contributed by atoms with van der Waals surface area (Å²) in [4.78, 5) is 29.1. The Balaban J connectivity index is 1.66. The Bertz CT molecular complexity index is 680. The zero-order chi connectivity index (χ0) is 20.7. The topological polar surface area (TPSA) is 59.1 Å². The van der Waals surface area contributed by atoms with Crippen molar-refractivity contribution in [3.63, 3.8) is 0 Å². The lowest BCUT2D eigenvalue weighted by Crippen LogP contribution is -2.47. The molecular weight excluding hydrogens is 356 g/mol. The van der Waals surface area contributed by atoms with Crippen LogP contribution >= 0.6 is 0 Å². The molecule has 6 heteroatoms. The zero-order valence-electron chi connectivity index (χ0n) is 17.8. The van der Waals surface area contributed by atoms with Crippen molar-refractivity contribution in [1.82, 2.24) is 9.80 Å². The molecule has 1 saturated carbocycles. The molecule has 0 unspecified atom stereocenters. The van der Waals surface area contributed by atoms with Crippen LogP contribution in [0.5, 0.6) is 0 Å². The number of rotatable bonds is 3. The van der Waals surface area contributed by atoms with Crippen LogP contribution in [0.2, 0.25) is 0 Å². The molecule has 6 nitrogen and oxygen atoms in total. The largest absolute Gasteiger partial charge is 0.443 e. The van der Waals surface area contributed by atoms with E-state index in [-0.39, 0.29) is 17.9 Å². The van der Waals surface area contributed by atoms with Gasteiger partial charge in [-0.2, -0.15) is 0 Å². The van der Waals surface area contributed by atoms with Gasteiger partial charge in [0.25, 0.3) is 0 Å². The number of carbonyl (C=O) groups excluding carboxylic acids is 2. The van der Waals surface area contributed by atoms with Gasteiger partial charge in [-0.1, -0.05) is 30.3 Å². The molecule has 0 radical (unpaired) electrons. The highest BCUT2D eigenvalue weighted by atomic mass is 16.6. The second kappa shape index (κ2) is 7.39. The van der Waals surface area contributed by atoms with Crippen LogP contribution in [0.1, 0.15) is 47.1 Å². The van der Waals surface area contributed by atoms with Crippen LogP contribution in [0.4, 0.5) is 9.59 Å². The minimum atomic E-state index is -0.666. The van der Waals surface area contributed by atoms with Crippen LogP contribution in [-0.2, 0) is 16.0 Å². The SMILES string of the molecule is CC(C)(C)OC(=O)N(C(=O)OC(C)(C)C)[C@@H]1[C@@H]2CN(Cc3ccccc3)C[C@@H]21. The Hall–Kier alpha value is -2.08. The monoisotopic (exact) mass is 388 g/mol. The Kier molecular flexibility index (Phi) is 5.45. The molecule has 0 N–H and O–H groups in total. The molecule has 1 aromatic carbocycles. The van der Waals surface area contributed by atoms with Gasteiger partial charge in [-0.15, -0.1) is 0 Å². The third kappa shape index (κ3) is 5.04. The average molecular weight is 389 g/mol.